The molecule has 122 valence electrons. The molecule has 0 unspecified atom stereocenters. The van der Waals surface area contributed by atoms with Gasteiger partial charge in [0.05, 0.1) is 37.1 Å². The van der Waals surface area contributed by atoms with E-state index in [0.717, 1.165) is 0 Å². The van der Waals surface area contributed by atoms with Crippen LogP contribution in [0.25, 0.3) is 0 Å². The van der Waals surface area contributed by atoms with Crippen LogP contribution in [0.15, 0.2) is 28.0 Å². The molecule has 0 saturated carbocycles. The molecule has 23 heavy (non-hydrogen) atoms. The summed E-state index contributed by atoms with van der Waals surface area (Å²) in [6, 6.07) is 5.76. The van der Waals surface area contributed by atoms with E-state index in [1.807, 2.05) is 13.8 Å². The molecular weight excluding hydrogens is 316 g/mol. The number of tetrazole rings is 1. The van der Waals surface area contributed by atoms with Gasteiger partial charge in [-0.2, -0.15) is 5.26 Å². The average Bonchev–Trinajstić information content (AvgIpc) is 3.20. The smallest absolute Gasteiger partial charge is 0.233 e. The van der Waals surface area contributed by atoms with Crippen molar-refractivity contribution in [2.45, 2.75) is 38.0 Å². The fourth-order valence-electron chi connectivity index (χ4n) is 1.89. The second kappa shape index (κ2) is 8.33. The molecule has 9 heteroatoms. The number of amides is 1. The molecule has 0 fully saturated rings. The molecule has 2 aromatic heterocycles. The summed E-state index contributed by atoms with van der Waals surface area (Å²) in [5.74, 6) is 0.812. The van der Waals surface area contributed by atoms with Gasteiger partial charge in [-0.15, -0.1) is 5.10 Å². The Bertz CT molecular complexity index is 661. The van der Waals surface area contributed by atoms with Gasteiger partial charge in [-0.1, -0.05) is 11.8 Å². The molecule has 0 saturated heterocycles. The van der Waals surface area contributed by atoms with Crippen LogP contribution >= 0.6 is 11.8 Å². The van der Waals surface area contributed by atoms with Gasteiger partial charge < -0.3 is 9.32 Å². The predicted molar refractivity (Wildman–Crippen MR) is 83.3 cm³/mol. The third-order valence-electron chi connectivity index (χ3n) is 3.05. The second-order valence-corrected chi connectivity index (χ2v) is 6.03. The van der Waals surface area contributed by atoms with Crippen molar-refractivity contribution in [3.63, 3.8) is 0 Å². The average molecular weight is 334 g/mol. The van der Waals surface area contributed by atoms with Gasteiger partial charge in [-0.25, -0.2) is 4.68 Å². The number of nitriles is 1. The van der Waals surface area contributed by atoms with E-state index in [0.29, 0.717) is 24.0 Å². The first-order valence-corrected chi connectivity index (χ1v) is 8.18. The molecule has 0 radical (unpaired) electrons. The monoisotopic (exact) mass is 334 g/mol. The third kappa shape index (κ3) is 4.82. The number of thioether (sulfide) groups is 1. The van der Waals surface area contributed by atoms with Crippen molar-refractivity contribution >= 4 is 17.7 Å². The molecular formula is C14H18N6O2S. The summed E-state index contributed by atoms with van der Waals surface area (Å²) in [4.78, 5) is 14.0. The molecule has 0 N–H and O–H groups in total. The number of furan rings is 1. The molecule has 0 spiro atoms. The SMILES string of the molecule is CC(C)n1nnnc1SCC(=O)N(CCC#N)Cc1ccco1. The Morgan fingerprint density at radius 2 is 2.39 bits per heavy atom. The standard InChI is InChI=1S/C14H18N6O2S/c1-11(2)20-14(16-17-18-20)23-10-13(21)19(7-4-6-15)9-12-5-3-8-22-12/h3,5,8,11H,4,7,9-10H2,1-2H3. The summed E-state index contributed by atoms with van der Waals surface area (Å²) < 4.78 is 6.95. The normalized spacial score (nSPS) is 10.7. The van der Waals surface area contributed by atoms with Gasteiger partial charge in [0.2, 0.25) is 11.1 Å². The maximum absolute atomic E-state index is 12.4. The van der Waals surface area contributed by atoms with Crippen molar-refractivity contribution in [1.82, 2.24) is 25.1 Å². The number of hydrogen-bond acceptors (Lipinski definition) is 7. The molecule has 0 aromatic carbocycles. The summed E-state index contributed by atoms with van der Waals surface area (Å²) in [6.07, 6.45) is 1.84. The lowest BCUT2D eigenvalue weighted by Gasteiger charge is -2.20. The summed E-state index contributed by atoms with van der Waals surface area (Å²) >= 11 is 1.29. The lowest BCUT2D eigenvalue weighted by atomic mass is 10.3. The van der Waals surface area contributed by atoms with Gasteiger partial charge in [0, 0.05) is 6.54 Å². The van der Waals surface area contributed by atoms with Crippen LogP contribution in [0.5, 0.6) is 0 Å². The number of nitrogens with zero attached hydrogens (tertiary/aromatic N) is 6. The Kier molecular flexibility index (Phi) is 6.17. The molecule has 0 aliphatic rings. The Morgan fingerprint density at radius 3 is 3.04 bits per heavy atom. The molecule has 2 heterocycles. The van der Waals surface area contributed by atoms with E-state index in [9.17, 15) is 4.79 Å². The fourth-order valence-corrected chi connectivity index (χ4v) is 2.80. The van der Waals surface area contributed by atoms with Crippen LogP contribution in [-0.2, 0) is 11.3 Å². The van der Waals surface area contributed by atoms with Crippen molar-refractivity contribution < 1.29 is 9.21 Å². The van der Waals surface area contributed by atoms with Crippen LogP contribution in [0, 0.1) is 11.3 Å². The van der Waals surface area contributed by atoms with Crippen molar-refractivity contribution in [1.29, 1.82) is 5.26 Å². The lowest BCUT2D eigenvalue weighted by molar-refractivity contribution is -0.129. The molecule has 2 rings (SSSR count). The van der Waals surface area contributed by atoms with Crippen molar-refractivity contribution in [2.24, 2.45) is 0 Å². The highest BCUT2D eigenvalue weighted by Gasteiger charge is 2.18. The van der Waals surface area contributed by atoms with E-state index in [2.05, 4.69) is 21.6 Å². The zero-order valence-electron chi connectivity index (χ0n) is 13.0. The molecule has 8 nitrogen and oxygen atoms in total. The van der Waals surface area contributed by atoms with Gasteiger partial charge in [0.15, 0.2) is 0 Å². The van der Waals surface area contributed by atoms with E-state index < -0.39 is 0 Å². The number of carbonyl (C=O) groups excluding carboxylic acids is 1. The van der Waals surface area contributed by atoms with E-state index in [1.165, 1.54) is 11.8 Å². The van der Waals surface area contributed by atoms with Gasteiger partial charge >= 0.3 is 0 Å². The number of hydrogen-bond donors (Lipinski definition) is 0. The Hall–Kier alpha value is -2.34. The van der Waals surface area contributed by atoms with Crippen LogP contribution in [0.2, 0.25) is 0 Å². The summed E-state index contributed by atoms with van der Waals surface area (Å²) in [5.41, 5.74) is 0. The summed E-state index contributed by atoms with van der Waals surface area (Å²) in [6.45, 7) is 4.66. The van der Waals surface area contributed by atoms with Crippen LogP contribution < -0.4 is 0 Å². The Morgan fingerprint density at radius 1 is 1.57 bits per heavy atom. The third-order valence-corrected chi connectivity index (χ3v) is 3.97. The first-order valence-electron chi connectivity index (χ1n) is 7.19. The number of aromatic nitrogens is 4. The maximum atomic E-state index is 12.4. The highest BCUT2D eigenvalue weighted by molar-refractivity contribution is 7.99. The number of carbonyl (C=O) groups is 1. The quantitative estimate of drug-likeness (QED) is 0.679. The van der Waals surface area contributed by atoms with Crippen molar-refractivity contribution in [3.8, 4) is 6.07 Å². The molecule has 0 bridgehead atoms. The Labute approximate surface area is 138 Å². The Balaban J connectivity index is 1.96. The molecule has 2 aromatic rings. The molecule has 1 amide bonds. The van der Waals surface area contributed by atoms with Crippen LogP contribution in [0.4, 0.5) is 0 Å². The van der Waals surface area contributed by atoms with E-state index in [1.54, 1.807) is 28.0 Å². The number of rotatable bonds is 8. The zero-order valence-corrected chi connectivity index (χ0v) is 13.9. The van der Waals surface area contributed by atoms with E-state index in [-0.39, 0.29) is 24.1 Å². The van der Waals surface area contributed by atoms with Crippen molar-refractivity contribution in [3.05, 3.63) is 24.2 Å². The first kappa shape index (κ1) is 17.0. The largest absolute Gasteiger partial charge is 0.467 e. The topological polar surface area (TPSA) is 101 Å². The minimum atomic E-state index is -0.0834. The zero-order chi connectivity index (χ0) is 16.7. The fraction of sp³-hybridized carbons (Fsp3) is 0.500. The van der Waals surface area contributed by atoms with E-state index >= 15 is 0 Å². The minimum absolute atomic E-state index is 0.0834. The van der Waals surface area contributed by atoms with Crippen LogP contribution in [0.3, 0.4) is 0 Å². The highest BCUT2D eigenvalue weighted by Crippen LogP contribution is 2.18. The van der Waals surface area contributed by atoms with Crippen molar-refractivity contribution in [2.75, 3.05) is 12.3 Å². The van der Waals surface area contributed by atoms with Gasteiger partial charge in [-0.05, 0) is 36.4 Å². The summed E-state index contributed by atoms with van der Waals surface area (Å²) in [5, 5.41) is 20.8. The van der Waals surface area contributed by atoms with E-state index in [4.69, 9.17) is 9.68 Å². The van der Waals surface area contributed by atoms with Gasteiger partial charge in [-0.3, -0.25) is 4.79 Å². The molecule has 0 aliphatic carbocycles. The highest BCUT2D eigenvalue weighted by atomic mass is 32.2. The first-order chi connectivity index (χ1) is 11.1. The van der Waals surface area contributed by atoms with Crippen LogP contribution in [0.1, 0.15) is 32.1 Å². The van der Waals surface area contributed by atoms with Gasteiger partial charge in [0.1, 0.15) is 5.76 Å². The van der Waals surface area contributed by atoms with Gasteiger partial charge in [0.25, 0.3) is 0 Å². The molecule has 0 atom stereocenters. The summed E-state index contributed by atoms with van der Waals surface area (Å²) in [7, 11) is 0. The maximum Gasteiger partial charge on any atom is 0.233 e. The minimum Gasteiger partial charge on any atom is -0.467 e. The predicted octanol–water partition coefficient (Wildman–Crippen LogP) is 1.88. The van der Waals surface area contributed by atoms with Crippen LogP contribution in [-0.4, -0.2) is 43.3 Å². The molecule has 0 aliphatic heterocycles. The second-order valence-electron chi connectivity index (χ2n) is 5.09. The lowest BCUT2D eigenvalue weighted by Crippen LogP contribution is -2.32.